The average Bonchev–Trinajstić information content (AvgIpc) is 3.04. The third-order valence-electron chi connectivity index (χ3n) is 5.23. The predicted molar refractivity (Wildman–Crippen MR) is 112 cm³/mol. The van der Waals surface area contributed by atoms with Gasteiger partial charge >= 0.3 is 6.03 Å². The average molecular weight is 434 g/mol. The molecule has 1 aliphatic rings. The van der Waals surface area contributed by atoms with Crippen LogP contribution in [0.2, 0.25) is 10.0 Å². The molecule has 1 aromatic heterocycles. The maximum Gasteiger partial charge on any atom is 0.325 e. The molecule has 0 unspecified atom stereocenters. The topological polar surface area (TPSA) is 71.4 Å². The summed E-state index contributed by atoms with van der Waals surface area (Å²) < 4.78 is 1.95. The van der Waals surface area contributed by atoms with Crippen molar-refractivity contribution in [2.24, 2.45) is 0 Å². The molecule has 3 amide bonds. The monoisotopic (exact) mass is 433 g/mol. The summed E-state index contributed by atoms with van der Waals surface area (Å²) >= 11 is 12.2. The first-order valence-corrected chi connectivity index (χ1v) is 9.76. The van der Waals surface area contributed by atoms with Gasteiger partial charge in [-0.25, -0.2) is 4.79 Å². The molecule has 1 atom stereocenters. The number of urea groups is 1. The second-order valence-electron chi connectivity index (χ2n) is 7.18. The number of hydrogen-bond acceptors (Lipinski definition) is 3. The maximum absolute atomic E-state index is 13.1. The lowest BCUT2D eigenvalue weighted by Crippen LogP contribution is -2.41. The molecule has 2 heterocycles. The highest BCUT2D eigenvalue weighted by atomic mass is 35.5. The van der Waals surface area contributed by atoms with Gasteiger partial charge in [-0.2, -0.15) is 0 Å². The smallest absolute Gasteiger partial charge is 0.325 e. The van der Waals surface area contributed by atoms with Crippen LogP contribution in [0.25, 0.3) is 0 Å². The molecular weight excluding hydrogens is 413 g/mol. The van der Waals surface area contributed by atoms with E-state index in [1.807, 2.05) is 18.4 Å². The van der Waals surface area contributed by atoms with E-state index in [0.29, 0.717) is 22.7 Å². The number of halogens is 2. The van der Waals surface area contributed by atoms with Crippen LogP contribution in [0.3, 0.4) is 0 Å². The number of nitrogens with one attached hydrogen (secondary N) is 1. The van der Waals surface area contributed by atoms with Gasteiger partial charge in [0.15, 0.2) is 5.78 Å². The first kappa shape index (κ1) is 21.1. The fourth-order valence-electron chi connectivity index (χ4n) is 3.64. The molecule has 8 heteroatoms. The van der Waals surface area contributed by atoms with Gasteiger partial charge in [0.05, 0.1) is 6.54 Å². The molecule has 1 N–H and O–H groups in total. The largest absolute Gasteiger partial charge is 0.345 e. The summed E-state index contributed by atoms with van der Waals surface area (Å²) in [6.45, 7) is 9.21. The van der Waals surface area contributed by atoms with Crippen molar-refractivity contribution in [2.45, 2.75) is 32.9 Å². The Balaban J connectivity index is 1.88. The SMILES string of the molecule is C=CCn1c(C)cc(C(=O)CN2C(=O)N[C@](C)(c3ccc(Cl)cc3Cl)C2=O)c1C. The number of carbonyl (C=O) groups excluding carboxylic acids is 3. The molecule has 0 bridgehead atoms. The number of carbonyl (C=O) groups is 3. The van der Waals surface area contributed by atoms with Gasteiger partial charge in [-0.1, -0.05) is 35.3 Å². The van der Waals surface area contributed by atoms with Crippen LogP contribution in [-0.2, 0) is 16.9 Å². The van der Waals surface area contributed by atoms with Gasteiger partial charge in [0.25, 0.3) is 5.91 Å². The minimum atomic E-state index is -1.38. The van der Waals surface area contributed by atoms with Gasteiger partial charge in [-0.05, 0) is 39.0 Å². The summed E-state index contributed by atoms with van der Waals surface area (Å²) in [6, 6.07) is 5.81. The Morgan fingerprint density at radius 1 is 1.24 bits per heavy atom. The molecule has 1 aliphatic heterocycles. The van der Waals surface area contributed by atoms with Crippen LogP contribution in [0, 0.1) is 13.8 Å². The number of aryl methyl sites for hydroxylation is 1. The van der Waals surface area contributed by atoms with Crippen molar-refractivity contribution >= 4 is 40.9 Å². The van der Waals surface area contributed by atoms with Crippen LogP contribution in [0.5, 0.6) is 0 Å². The number of amides is 3. The Morgan fingerprint density at radius 2 is 1.93 bits per heavy atom. The third-order valence-corrected chi connectivity index (χ3v) is 5.78. The highest BCUT2D eigenvalue weighted by Gasteiger charge is 2.50. The normalized spacial score (nSPS) is 18.9. The molecule has 1 saturated heterocycles. The lowest BCUT2D eigenvalue weighted by atomic mass is 9.92. The van der Waals surface area contributed by atoms with Crippen molar-refractivity contribution in [3.63, 3.8) is 0 Å². The van der Waals surface area contributed by atoms with Crippen LogP contribution in [0.4, 0.5) is 4.79 Å². The number of allylic oxidation sites excluding steroid dienone is 1. The zero-order chi connectivity index (χ0) is 21.5. The van der Waals surface area contributed by atoms with Crippen LogP contribution < -0.4 is 5.32 Å². The molecule has 1 aromatic carbocycles. The van der Waals surface area contributed by atoms with Gasteiger partial charge < -0.3 is 9.88 Å². The highest BCUT2D eigenvalue weighted by molar-refractivity contribution is 6.35. The first-order chi connectivity index (χ1) is 13.6. The zero-order valence-electron chi connectivity index (χ0n) is 16.4. The number of aromatic nitrogens is 1. The quantitative estimate of drug-likeness (QED) is 0.420. The Kier molecular flexibility index (Phi) is 5.61. The van der Waals surface area contributed by atoms with E-state index >= 15 is 0 Å². The Bertz CT molecular complexity index is 1040. The lowest BCUT2D eigenvalue weighted by Gasteiger charge is -2.23. The van der Waals surface area contributed by atoms with E-state index < -0.39 is 17.5 Å². The number of rotatable bonds is 6. The number of nitrogens with zero attached hydrogens (tertiary/aromatic N) is 2. The molecule has 152 valence electrons. The molecule has 0 radical (unpaired) electrons. The van der Waals surface area contributed by atoms with Crippen molar-refractivity contribution in [2.75, 3.05) is 6.54 Å². The first-order valence-electron chi connectivity index (χ1n) is 9.00. The van der Waals surface area contributed by atoms with Gasteiger partial charge in [0, 0.05) is 39.1 Å². The second kappa shape index (κ2) is 7.69. The van der Waals surface area contributed by atoms with E-state index in [0.717, 1.165) is 16.3 Å². The summed E-state index contributed by atoms with van der Waals surface area (Å²) in [6.07, 6.45) is 1.74. The molecule has 3 rings (SSSR count). The van der Waals surface area contributed by atoms with Crippen LogP contribution in [0.1, 0.15) is 34.2 Å². The van der Waals surface area contributed by atoms with Gasteiger partial charge in [0.2, 0.25) is 0 Å². The van der Waals surface area contributed by atoms with Gasteiger partial charge in [-0.15, -0.1) is 6.58 Å². The van der Waals surface area contributed by atoms with Crippen molar-refractivity contribution in [3.8, 4) is 0 Å². The van der Waals surface area contributed by atoms with Crippen molar-refractivity contribution in [1.82, 2.24) is 14.8 Å². The third kappa shape index (κ3) is 3.58. The van der Waals surface area contributed by atoms with E-state index in [9.17, 15) is 14.4 Å². The number of Topliss-reactive ketones (excluding diaryl/α,β-unsaturated/α-hetero) is 1. The van der Waals surface area contributed by atoms with Gasteiger partial charge in [0.1, 0.15) is 5.54 Å². The minimum Gasteiger partial charge on any atom is -0.345 e. The number of imide groups is 1. The Hall–Kier alpha value is -2.57. The van der Waals surface area contributed by atoms with Crippen LogP contribution in [0.15, 0.2) is 36.9 Å². The molecule has 29 heavy (non-hydrogen) atoms. The molecule has 0 spiro atoms. The lowest BCUT2D eigenvalue weighted by molar-refractivity contribution is -0.130. The molecular formula is C21H21Cl2N3O3. The summed E-state index contributed by atoms with van der Waals surface area (Å²) in [4.78, 5) is 39.4. The van der Waals surface area contributed by atoms with Crippen molar-refractivity contribution < 1.29 is 14.4 Å². The standard InChI is InChI=1S/C21H21Cl2N3O3/c1-5-8-25-12(2)9-15(13(25)3)18(27)11-26-19(28)21(4,24-20(26)29)16-7-6-14(22)10-17(16)23/h5-7,9-10H,1,8,11H2,2-4H3,(H,24,29)/t21-/m1/s1. The maximum atomic E-state index is 13.1. The molecule has 2 aromatic rings. The zero-order valence-corrected chi connectivity index (χ0v) is 17.9. The van der Waals surface area contributed by atoms with Crippen LogP contribution >= 0.6 is 23.2 Å². The second-order valence-corrected chi connectivity index (χ2v) is 8.02. The molecule has 0 saturated carbocycles. The van der Waals surface area contributed by atoms with Crippen molar-refractivity contribution in [3.05, 3.63) is 69.5 Å². The Labute approximate surface area is 179 Å². The highest BCUT2D eigenvalue weighted by Crippen LogP contribution is 2.35. The number of benzene rings is 1. The fraction of sp³-hybridized carbons (Fsp3) is 0.286. The fourth-order valence-corrected chi connectivity index (χ4v) is 4.24. The summed E-state index contributed by atoms with van der Waals surface area (Å²) in [7, 11) is 0. The van der Waals surface area contributed by atoms with Crippen LogP contribution in [-0.4, -0.2) is 33.7 Å². The van der Waals surface area contributed by atoms with Crippen molar-refractivity contribution in [1.29, 1.82) is 0 Å². The number of hydrogen-bond donors (Lipinski definition) is 1. The van der Waals surface area contributed by atoms with E-state index in [-0.39, 0.29) is 17.4 Å². The predicted octanol–water partition coefficient (Wildman–Crippen LogP) is 4.25. The Morgan fingerprint density at radius 3 is 2.55 bits per heavy atom. The molecule has 6 nitrogen and oxygen atoms in total. The summed E-state index contributed by atoms with van der Waals surface area (Å²) in [5, 5.41) is 3.33. The van der Waals surface area contributed by atoms with E-state index in [1.165, 1.54) is 6.07 Å². The summed E-state index contributed by atoms with van der Waals surface area (Å²) in [5.41, 5.74) is 1.19. The van der Waals surface area contributed by atoms with E-state index in [4.69, 9.17) is 23.2 Å². The molecule has 0 aliphatic carbocycles. The van der Waals surface area contributed by atoms with E-state index in [2.05, 4.69) is 11.9 Å². The summed E-state index contributed by atoms with van der Waals surface area (Å²) in [5.74, 6) is -0.858. The minimum absolute atomic E-state index is 0.259. The van der Waals surface area contributed by atoms with E-state index in [1.54, 1.807) is 31.2 Å². The molecule has 1 fully saturated rings. The number of ketones is 1. The van der Waals surface area contributed by atoms with Gasteiger partial charge in [-0.3, -0.25) is 14.5 Å².